The number of hydrogen-bond acceptors (Lipinski definition) is 5. The van der Waals surface area contributed by atoms with Crippen molar-refractivity contribution in [3.05, 3.63) is 48.0 Å². The molecule has 1 saturated carbocycles. The van der Waals surface area contributed by atoms with Crippen molar-refractivity contribution in [3.63, 3.8) is 0 Å². The Morgan fingerprint density at radius 2 is 1.97 bits per heavy atom. The summed E-state index contributed by atoms with van der Waals surface area (Å²) in [6, 6.07) is 13.2. The predicted molar refractivity (Wildman–Crippen MR) is 114 cm³/mol. The first-order chi connectivity index (χ1) is 14.4. The van der Waals surface area contributed by atoms with Gasteiger partial charge < -0.3 is 10.2 Å². The summed E-state index contributed by atoms with van der Waals surface area (Å²) in [7, 11) is -3.31. The number of amides is 1. The third-order valence-electron chi connectivity index (χ3n) is 6.28. The predicted octanol–water partition coefficient (Wildman–Crippen LogP) is 2.93. The van der Waals surface area contributed by atoms with Crippen LogP contribution >= 0.6 is 0 Å². The van der Waals surface area contributed by atoms with Crippen LogP contribution in [0.2, 0.25) is 0 Å². The SMILES string of the molecule is N#CN1CCC2(Cc3ccc(-c4cccc(NS(=O)(=O)C5CC5)c4)cc3NC2=O)C1. The number of rotatable bonds is 4. The minimum absolute atomic E-state index is 0.0316. The maximum absolute atomic E-state index is 12.8. The number of nitriles is 1. The molecule has 8 heteroatoms. The zero-order chi connectivity index (χ0) is 20.9. The van der Waals surface area contributed by atoms with Crippen LogP contribution in [-0.2, 0) is 21.2 Å². The summed E-state index contributed by atoms with van der Waals surface area (Å²) in [6.07, 6.45) is 4.87. The van der Waals surface area contributed by atoms with Gasteiger partial charge in [0.15, 0.2) is 6.19 Å². The van der Waals surface area contributed by atoms with E-state index >= 15 is 0 Å². The Kier molecular flexibility index (Phi) is 4.26. The van der Waals surface area contributed by atoms with Crippen molar-refractivity contribution >= 4 is 27.3 Å². The first-order valence-electron chi connectivity index (χ1n) is 10.1. The second kappa shape index (κ2) is 6.74. The molecule has 154 valence electrons. The van der Waals surface area contributed by atoms with Crippen LogP contribution in [0.15, 0.2) is 42.5 Å². The van der Waals surface area contributed by atoms with Crippen LogP contribution in [0.4, 0.5) is 11.4 Å². The first kappa shape index (κ1) is 18.9. The van der Waals surface area contributed by atoms with E-state index in [1.165, 1.54) is 0 Å². The molecule has 2 heterocycles. The summed E-state index contributed by atoms with van der Waals surface area (Å²) in [4.78, 5) is 14.5. The standard InChI is InChI=1S/C22H22N4O3S/c23-14-26-9-8-22(13-26)12-17-5-4-16(11-20(17)24-21(22)27)15-2-1-3-18(10-15)25-30(28,29)19-6-7-19/h1-5,10-11,19,25H,6-9,12-13H2,(H,24,27). The molecule has 2 aromatic rings. The summed E-state index contributed by atoms with van der Waals surface area (Å²) in [5.41, 5.74) is 3.63. The number of hydrogen-bond donors (Lipinski definition) is 2. The number of anilines is 2. The average Bonchev–Trinajstić information content (AvgIpc) is 3.51. The van der Waals surface area contributed by atoms with Crippen molar-refractivity contribution in [2.24, 2.45) is 5.41 Å². The molecule has 1 atom stereocenters. The number of sulfonamides is 1. The Morgan fingerprint density at radius 1 is 1.17 bits per heavy atom. The molecular formula is C22H22N4O3S. The van der Waals surface area contributed by atoms with Gasteiger partial charge in [-0.1, -0.05) is 24.3 Å². The number of likely N-dealkylation sites (tertiary alicyclic amines) is 1. The van der Waals surface area contributed by atoms with Crippen molar-refractivity contribution in [1.29, 1.82) is 5.26 Å². The number of nitrogens with zero attached hydrogens (tertiary/aromatic N) is 2. The highest BCUT2D eigenvalue weighted by molar-refractivity contribution is 7.93. The summed E-state index contributed by atoms with van der Waals surface area (Å²) >= 11 is 0. The highest BCUT2D eigenvalue weighted by atomic mass is 32.2. The quantitative estimate of drug-likeness (QED) is 0.738. The molecular weight excluding hydrogens is 400 g/mol. The Bertz CT molecular complexity index is 1180. The molecule has 1 aliphatic carbocycles. The smallest absolute Gasteiger partial charge is 0.235 e. The molecule has 30 heavy (non-hydrogen) atoms. The van der Waals surface area contributed by atoms with Gasteiger partial charge in [0.2, 0.25) is 15.9 Å². The molecule has 1 spiro atoms. The second-order valence-electron chi connectivity index (χ2n) is 8.48. The fraction of sp³-hybridized carbons (Fsp3) is 0.364. The minimum Gasteiger partial charge on any atom is -0.325 e. The summed E-state index contributed by atoms with van der Waals surface area (Å²) in [6.45, 7) is 1.07. The van der Waals surface area contributed by atoms with E-state index in [1.54, 1.807) is 11.0 Å². The van der Waals surface area contributed by atoms with E-state index in [0.29, 0.717) is 44.5 Å². The van der Waals surface area contributed by atoms with Crippen molar-refractivity contribution in [2.45, 2.75) is 30.9 Å². The van der Waals surface area contributed by atoms with Gasteiger partial charge in [0.05, 0.1) is 10.7 Å². The molecule has 2 N–H and O–H groups in total. The molecule has 5 rings (SSSR count). The van der Waals surface area contributed by atoms with Gasteiger partial charge in [-0.2, -0.15) is 5.26 Å². The Morgan fingerprint density at radius 3 is 2.70 bits per heavy atom. The van der Waals surface area contributed by atoms with E-state index < -0.39 is 15.4 Å². The molecule has 0 aromatic heterocycles. The van der Waals surface area contributed by atoms with Crippen molar-refractivity contribution in [3.8, 4) is 17.3 Å². The van der Waals surface area contributed by atoms with E-state index in [9.17, 15) is 13.2 Å². The van der Waals surface area contributed by atoms with Crippen LogP contribution in [0, 0.1) is 16.9 Å². The third kappa shape index (κ3) is 3.29. The summed E-state index contributed by atoms with van der Waals surface area (Å²) < 4.78 is 27.1. The normalized spacial score (nSPS) is 23.0. The Balaban J connectivity index is 1.41. The summed E-state index contributed by atoms with van der Waals surface area (Å²) in [5, 5.41) is 11.9. The zero-order valence-corrected chi connectivity index (χ0v) is 17.2. The van der Waals surface area contributed by atoms with Gasteiger partial charge in [-0.05, 0) is 60.6 Å². The number of benzene rings is 2. The van der Waals surface area contributed by atoms with Gasteiger partial charge in [0, 0.05) is 24.5 Å². The lowest BCUT2D eigenvalue weighted by Crippen LogP contribution is -2.43. The van der Waals surface area contributed by atoms with Crippen LogP contribution in [0.5, 0.6) is 0 Å². The lowest BCUT2D eigenvalue weighted by molar-refractivity contribution is -0.125. The topological polar surface area (TPSA) is 102 Å². The molecule has 2 fully saturated rings. The highest BCUT2D eigenvalue weighted by Crippen LogP contribution is 2.42. The molecule has 2 aromatic carbocycles. The van der Waals surface area contributed by atoms with Crippen molar-refractivity contribution in [2.75, 3.05) is 23.1 Å². The highest BCUT2D eigenvalue weighted by Gasteiger charge is 2.47. The molecule has 0 radical (unpaired) electrons. The van der Waals surface area contributed by atoms with Crippen LogP contribution in [0.3, 0.4) is 0 Å². The zero-order valence-electron chi connectivity index (χ0n) is 16.4. The maximum Gasteiger partial charge on any atom is 0.235 e. The largest absolute Gasteiger partial charge is 0.325 e. The van der Waals surface area contributed by atoms with Crippen LogP contribution in [0.1, 0.15) is 24.8 Å². The lowest BCUT2D eigenvalue weighted by Gasteiger charge is -2.33. The third-order valence-corrected chi connectivity index (χ3v) is 8.15. The minimum atomic E-state index is -3.31. The van der Waals surface area contributed by atoms with Gasteiger partial charge in [0.1, 0.15) is 0 Å². The van der Waals surface area contributed by atoms with Gasteiger partial charge in [-0.25, -0.2) is 8.42 Å². The van der Waals surface area contributed by atoms with E-state index in [0.717, 1.165) is 22.4 Å². The van der Waals surface area contributed by atoms with Crippen LogP contribution in [-0.4, -0.2) is 37.6 Å². The number of carbonyl (C=O) groups excluding carboxylic acids is 1. The second-order valence-corrected chi connectivity index (χ2v) is 10.4. The number of nitrogens with one attached hydrogen (secondary N) is 2. The van der Waals surface area contributed by atoms with Crippen molar-refractivity contribution in [1.82, 2.24) is 4.90 Å². The average molecular weight is 423 g/mol. The van der Waals surface area contributed by atoms with E-state index in [2.05, 4.69) is 16.2 Å². The van der Waals surface area contributed by atoms with E-state index in [4.69, 9.17) is 5.26 Å². The monoisotopic (exact) mass is 422 g/mol. The molecule has 0 bridgehead atoms. The van der Waals surface area contributed by atoms with Gasteiger partial charge in [-0.3, -0.25) is 9.52 Å². The molecule has 1 unspecified atom stereocenters. The molecule has 7 nitrogen and oxygen atoms in total. The van der Waals surface area contributed by atoms with E-state index in [-0.39, 0.29) is 11.2 Å². The molecule has 1 amide bonds. The van der Waals surface area contributed by atoms with Crippen LogP contribution < -0.4 is 10.0 Å². The van der Waals surface area contributed by atoms with Crippen molar-refractivity contribution < 1.29 is 13.2 Å². The van der Waals surface area contributed by atoms with Gasteiger partial charge in [-0.15, -0.1) is 0 Å². The van der Waals surface area contributed by atoms with Gasteiger partial charge >= 0.3 is 0 Å². The number of fused-ring (bicyclic) bond motifs is 1. The fourth-order valence-electron chi connectivity index (χ4n) is 4.40. The maximum atomic E-state index is 12.8. The molecule has 3 aliphatic rings. The Labute approximate surface area is 175 Å². The lowest BCUT2D eigenvalue weighted by atomic mass is 9.76. The molecule has 2 aliphatic heterocycles. The van der Waals surface area contributed by atoms with Crippen LogP contribution in [0.25, 0.3) is 11.1 Å². The molecule has 1 saturated heterocycles. The van der Waals surface area contributed by atoms with Gasteiger partial charge in [0.25, 0.3) is 0 Å². The Hall–Kier alpha value is -3.05. The van der Waals surface area contributed by atoms with E-state index in [1.807, 2.05) is 36.4 Å². The fourth-order valence-corrected chi connectivity index (χ4v) is 5.78. The summed E-state index contributed by atoms with van der Waals surface area (Å²) in [5.74, 6) is -0.0316. The number of carbonyl (C=O) groups is 1. The first-order valence-corrected chi connectivity index (χ1v) is 11.6.